The molecule has 25 heavy (non-hydrogen) atoms. The van der Waals surface area contributed by atoms with Crippen molar-refractivity contribution in [3.8, 4) is 0 Å². The highest BCUT2D eigenvalue weighted by molar-refractivity contribution is 8.13. The largest absolute Gasteiger partial charge is 0.465 e. The lowest BCUT2D eigenvalue weighted by Gasteiger charge is -2.44. The van der Waals surface area contributed by atoms with Crippen LogP contribution in [-0.4, -0.2) is 27.0 Å². The van der Waals surface area contributed by atoms with E-state index in [1.165, 1.54) is 11.8 Å². The van der Waals surface area contributed by atoms with Crippen LogP contribution in [0.15, 0.2) is 17.1 Å². The van der Waals surface area contributed by atoms with E-state index in [2.05, 4.69) is 10.3 Å². The van der Waals surface area contributed by atoms with Crippen molar-refractivity contribution in [3.05, 3.63) is 39.4 Å². The number of thioether (sulfide) groups is 1. The van der Waals surface area contributed by atoms with Gasteiger partial charge in [0.1, 0.15) is 0 Å². The number of nitro groups is 1. The highest BCUT2D eigenvalue weighted by Crippen LogP contribution is 2.50. The van der Waals surface area contributed by atoms with E-state index < -0.39 is 33.9 Å². The van der Waals surface area contributed by atoms with Crippen molar-refractivity contribution in [3.63, 3.8) is 0 Å². The van der Waals surface area contributed by atoms with Crippen LogP contribution in [-0.2, 0) is 5.54 Å². The van der Waals surface area contributed by atoms with Crippen LogP contribution in [0.3, 0.4) is 0 Å². The molecule has 0 unspecified atom stereocenters. The van der Waals surface area contributed by atoms with Gasteiger partial charge in [-0.25, -0.2) is 13.6 Å². The van der Waals surface area contributed by atoms with E-state index in [0.29, 0.717) is 31.1 Å². The molecule has 0 spiro atoms. The molecule has 1 aliphatic carbocycles. The summed E-state index contributed by atoms with van der Waals surface area (Å²) in [5, 5.41) is 22.2. The molecule has 0 aromatic heterocycles. The molecule has 0 saturated heterocycles. The van der Waals surface area contributed by atoms with Crippen molar-refractivity contribution in [1.82, 2.24) is 5.32 Å². The second kappa shape index (κ2) is 6.58. The number of non-ortho nitro benzene ring substituents is 1. The van der Waals surface area contributed by atoms with Crippen molar-refractivity contribution in [2.45, 2.75) is 31.2 Å². The maximum absolute atomic E-state index is 14.6. The Balaban J connectivity index is 2.18. The molecule has 10 heteroatoms. The molecule has 1 aromatic rings. The summed E-state index contributed by atoms with van der Waals surface area (Å²) < 4.78 is 28.5. The van der Waals surface area contributed by atoms with E-state index in [-0.39, 0.29) is 16.6 Å². The molecule has 134 valence electrons. The quantitative estimate of drug-likeness (QED) is 0.610. The lowest BCUT2D eigenvalue weighted by Crippen LogP contribution is -2.45. The second-order valence-corrected chi connectivity index (χ2v) is 7.08. The van der Waals surface area contributed by atoms with Gasteiger partial charge in [0.05, 0.1) is 16.5 Å². The Morgan fingerprint density at radius 1 is 1.44 bits per heavy atom. The van der Waals surface area contributed by atoms with Crippen LogP contribution in [0.2, 0.25) is 0 Å². The highest BCUT2D eigenvalue weighted by Gasteiger charge is 2.47. The van der Waals surface area contributed by atoms with Gasteiger partial charge in [-0.05, 0) is 18.8 Å². The lowest BCUT2D eigenvalue weighted by molar-refractivity contribution is -0.385. The van der Waals surface area contributed by atoms with Crippen molar-refractivity contribution < 1.29 is 23.6 Å². The van der Waals surface area contributed by atoms with Crippen LogP contribution in [0.1, 0.15) is 31.2 Å². The molecule has 1 heterocycles. The van der Waals surface area contributed by atoms with E-state index in [9.17, 15) is 23.7 Å². The summed E-state index contributed by atoms with van der Waals surface area (Å²) in [6.45, 7) is 0. The third-order valence-corrected chi connectivity index (χ3v) is 5.70. The van der Waals surface area contributed by atoms with Crippen LogP contribution >= 0.6 is 11.8 Å². The van der Waals surface area contributed by atoms with Crippen LogP contribution in [0, 0.1) is 27.7 Å². The van der Waals surface area contributed by atoms with Gasteiger partial charge in [-0.15, -0.1) is 0 Å². The van der Waals surface area contributed by atoms with Crippen molar-refractivity contribution >= 4 is 28.7 Å². The van der Waals surface area contributed by atoms with Crippen LogP contribution in [0.4, 0.5) is 19.3 Å². The molecule has 2 N–H and O–H groups in total. The maximum atomic E-state index is 14.6. The average molecular weight is 371 g/mol. The first kappa shape index (κ1) is 17.6. The fourth-order valence-electron chi connectivity index (χ4n) is 3.56. The van der Waals surface area contributed by atoms with Crippen LogP contribution < -0.4 is 5.32 Å². The number of fused-ring (bicyclic) bond motifs is 1. The van der Waals surface area contributed by atoms with Gasteiger partial charge < -0.3 is 5.11 Å². The van der Waals surface area contributed by atoms with Crippen LogP contribution in [0.5, 0.6) is 0 Å². The molecule has 1 saturated carbocycles. The topological polar surface area (TPSA) is 105 Å². The molecule has 1 aliphatic heterocycles. The smallest absolute Gasteiger partial charge is 0.410 e. The number of amidine groups is 1. The summed E-state index contributed by atoms with van der Waals surface area (Å²) in [6, 6.07) is 1.57. The third kappa shape index (κ3) is 3.17. The van der Waals surface area contributed by atoms with E-state index in [4.69, 9.17) is 5.11 Å². The molecule has 1 amide bonds. The predicted octanol–water partition coefficient (Wildman–Crippen LogP) is 3.63. The SMILES string of the molecule is O=C(O)NC1=N[C@@]2(c3cc([N+](=O)[O-])cc(F)c3F)CCCC[C@H]2CS1. The molecule has 2 aliphatic rings. The summed E-state index contributed by atoms with van der Waals surface area (Å²) in [7, 11) is 0. The molecule has 7 nitrogen and oxygen atoms in total. The first-order valence-corrected chi connectivity index (χ1v) is 8.68. The number of aliphatic imine (C=N–C) groups is 1. The summed E-state index contributed by atoms with van der Waals surface area (Å²) in [5.41, 5.74) is -1.92. The molecule has 1 aromatic carbocycles. The number of nitro benzene ring substituents is 1. The molecule has 0 bridgehead atoms. The predicted molar refractivity (Wildman–Crippen MR) is 87.7 cm³/mol. The zero-order chi connectivity index (χ0) is 18.2. The van der Waals surface area contributed by atoms with E-state index >= 15 is 0 Å². The van der Waals surface area contributed by atoms with E-state index in [0.717, 1.165) is 12.5 Å². The summed E-state index contributed by atoms with van der Waals surface area (Å²) >= 11 is 1.20. The molecule has 1 fully saturated rings. The van der Waals surface area contributed by atoms with Gasteiger partial charge in [0.25, 0.3) is 5.69 Å². The molecule has 3 rings (SSSR count). The fourth-order valence-corrected chi connectivity index (χ4v) is 4.74. The van der Waals surface area contributed by atoms with Crippen LogP contribution in [0.25, 0.3) is 0 Å². The molecule has 0 radical (unpaired) electrons. The number of hydrogen-bond acceptors (Lipinski definition) is 5. The maximum Gasteiger partial charge on any atom is 0.410 e. The zero-order valence-electron chi connectivity index (χ0n) is 13.0. The Bertz CT molecular complexity index is 773. The molecular weight excluding hydrogens is 356 g/mol. The number of carboxylic acid groups (broad SMARTS) is 1. The number of amides is 1. The Kier molecular flexibility index (Phi) is 4.63. The van der Waals surface area contributed by atoms with E-state index in [1.807, 2.05) is 0 Å². The first-order valence-electron chi connectivity index (χ1n) is 7.70. The van der Waals surface area contributed by atoms with Crippen molar-refractivity contribution in [2.75, 3.05) is 5.75 Å². The first-order chi connectivity index (χ1) is 11.8. The lowest BCUT2D eigenvalue weighted by atomic mass is 9.69. The third-order valence-electron chi connectivity index (χ3n) is 4.66. The van der Waals surface area contributed by atoms with Gasteiger partial charge in [0.2, 0.25) is 0 Å². The Morgan fingerprint density at radius 3 is 2.88 bits per heavy atom. The van der Waals surface area contributed by atoms with Gasteiger partial charge >= 0.3 is 6.09 Å². The van der Waals surface area contributed by atoms with Gasteiger partial charge in [-0.1, -0.05) is 24.6 Å². The minimum absolute atomic E-state index is 0.0944. The van der Waals surface area contributed by atoms with E-state index in [1.54, 1.807) is 0 Å². The number of nitrogens with one attached hydrogen (secondary N) is 1. The van der Waals surface area contributed by atoms with Gasteiger partial charge in [-0.3, -0.25) is 20.4 Å². The van der Waals surface area contributed by atoms with Crippen molar-refractivity contribution in [1.29, 1.82) is 0 Å². The normalized spacial score (nSPS) is 25.7. The standard InChI is InChI=1S/C15H15F2N3O4S/c16-11-6-9(20(23)24)5-10(12(11)17)15-4-2-1-3-8(15)7-25-13(19-15)18-14(21)22/h5-6,8H,1-4,7H2,(H,18,19)(H,21,22)/t8-,15-/m0/s1. The van der Waals surface area contributed by atoms with Gasteiger partial charge in [-0.2, -0.15) is 0 Å². The Morgan fingerprint density at radius 2 is 2.20 bits per heavy atom. The minimum Gasteiger partial charge on any atom is -0.465 e. The minimum atomic E-state index is -1.30. The average Bonchev–Trinajstić information content (AvgIpc) is 2.56. The number of benzene rings is 1. The Labute approximate surface area is 145 Å². The summed E-state index contributed by atoms with van der Waals surface area (Å²) in [4.78, 5) is 25.6. The fraction of sp³-hybridized carbons (Fsp3) is 0.467. The Hall–Kier alpha value is -2.23. The second-order valence-electron chi connectivity index (χ2n) is 6.07. The monoisotopic (exact) mass is 371 g/mol. The summed E-state index contributed by atoms with van der Waals surface area (Å²) in [5.74, 6) is -2.14. The number of hydrogen-bond donors (Lipinski definition) is 2. The molecule has 2 atom stereocenters. The van der Waals surface area contributed by atoms with Crippen molar-refractivity contribution in [2.24, 2.45) is 10.9 Å². The number of halogens is 2. The van der Waals surface area contributed by atoms with Gasteiger partial charge in [0, 0.05) is 17.4 Å². The van der Waals surface area contributed by atoms with Gasteiger partial charge in [0.15, 0.2) is 16.8 Å². The number of rotatable bonds is 2. The number of carbonyl (C=O) groups is 1. The number of nitrogens with zero attached hydrogens (tertiary/aromatic N) is 2. The zero-order valence-corrected chi connectivity index (χ0v) is 13.8. The molecular formula is C15H15F2N3O4S. The highest BCUT2D eigenvalue weighted by atomic mass is 32.2. The summed E-state index contributed by atoms with van der Waals surface area (Å²) in [6.07, 6.45) is 1.36.